The van der Waals surface area contributed by atoms with Crippen LogP contribution in [0.5, 0.6) is 11.5 Å². The highest BCUT2D eigenvalue weighted by Gasteiger charge is 2.12. The number of methoxy groups -OCH3 is 2. The van der Waals surface area contributed by atoms with E-state index >= 15 is 0 Å². The quantitative estimate of drug-likeness (QED) is 0.374. The number of ether oxygens (including phenoxy) is 2. The van der Waals surface area contributed by atoms with Crippen molar-refractivity contribution in [1.82, 2.24) is 0 Å². The van der Waals surface area contributed by atoms with E-state index in [1.165, 1.54) is 5.56 Å². The molecule has 0 amide bonds. The van der Waals surface area contributed by atoms with Crippen molar-refractivity contribution in [3.05, 3.63) is 82.7 Å². The molecule has 3 aromatic carbocycles. The van der Waals surface area contributed by atoms with E-state index in [4.69, 9.17) is 18.9 Å². The fourth-order valence-electron chi connectivity index (χ4n) is 3.85. The second-order valence-corrected chi connectivity index (χ2v) is 7.65. The number of hydrogen-bond donors (Lipinski definition) is 0. The molecular formula is C27H27NO3. The van der Waals surface area contributed by atoms with E-state index in [0.717, 1.165) is 50.9 Å². The van der Waals surface area contributed by atoms with Gasteiger partial charge in [-0.05, 0) is 73.4 Å². The van der Waals surface area contributed by atoms with E-state index in [1.54, 1.807) is 14.2 Å². The van der Waals surface area contributed by atoms with Gasteiger partial charge in [-0.3, -0.25) is 0 Å². The number of benzene rings is 3. The smallest absolute Gasteiger partial charge is 0.161 e. The fourth-order valence-corrected chi connectivity index (χ4v) is 3.85. The number of fused-ring (bicyclic) bond motifs is 1. The Morgan fingerprint density at radius 2 is 1.58 bits per heavy atom. The molecule has 4 aromatic rings. The second kappa shape index (κ2) is 8.68. The zero-order valence-electron chi connectivity index (χ0n) is 18.7. The van der Waals surface area contributed by atoms with Crippen molar-refractivity contribution in [2.24, 2.45) is 4.99 Å². The second-order valence-electron chi connectivity index (χ2n) is 7.65. The van der Waals surface area contributed by atoms with Crippen molar-refractivity contribution >= 4 is 16.7 Å². The van der Waals surface area contributed by atoms with E-state index in [1.807, 2.05) is 24.3 Å². The minimum Gasteiger partial charge on any atom is -0.493 e. The molecule has 0 saturated heterocycles. The van der Waals surface area contributed by atoms with Gasteiger partial charge < -0.3 is 13.9 Å². The van der Waals surface area contributed by atoms with Gasteiger partial charge >= 0.3 is 0 Å². The lowest BCUT2D eigenvalue weighted by atomic mass is 10.0. The standard InChI is InChI=1S/C27H27NO3/c1-6-19-7-10-21(11-8-19)28-22-16-24(20-9-12-23(29-4)25(15-20)30-5)31-26-14-17(2)13-18(3)27(22)26/h7-16H,6H2,1-5H3. The monoisotopic (exact) mass is 413 g/mol. The molecule has 0 saturated carbocycles. The van der Waals surface area contributed by atoms with Crippen LogP contribution in [0, 0.1) is 13.8 Å². The molecule has 0 fully saturated rings. The summed E-state index contributed by atoms with van der Waals surface area (Å²) in [6.07, 6.45) is 1.01. The van der Waals surface area contributed by atoms with Crippen LogP contribution in [0.25, 0.3) is 22.3 Å². The van der Waals surface area contributed by atoms with Crippen molar-refractivity contribution in [3.63, 3.8) is 0 Å². The summed E-state index contributed by atoms with van der Waals surface area (Å²) >= 11 is 0. The summed E-state index contributed by atoms with van der Waals surface area (Å²) in [7, 11) is 3.26. The molecule has 0 aliphatic carbocycles. The van der Waals surface area contributed by atoms with E-state index in [0.29, 0.717) is 11.5 Å². The normalized spacial score (nSPS) is 11.7. The minimum atomic E-state index is 0.657. The summed E-state index contributed by atoms with van der Waals surface area (Å²) < 4.78 is 17.2. The first-order chi connectivity index (χ1) is 15.0. The van der Waals surface area contributed by atoms with Crippen LogP contribution < -0.4 is 14.8 Å². The molecule has 0 radical (unpaired) electrons. The summed E-state index contributed by atoms with van der Waals surface area (Å²) in [5, 5.41) is 1.90. The molecule has 1 aromatic heterocycles. The first-order valence-corrected chi connectivity index (χ1v) is 10.4. The van der Waals surface area contributed by atoms with E-state index in [9.17, 15) is 0 Å². The number of nitrogens with zero attached hydrogens (tertiary/aromatic N) is 1. The number of aryl methyl sites for hydroxylation is 3. The summed E-state index contributed by atoms with van der Waals surface area (Å²) in [5.41, 5.74) is 6.22. The van der Waals surface area contributed by atoms with Crippen LogP contribution in [0.3, 0.4) is 0 Å². The van der Waals surface area contributed by atoms with Gasteiger partial charge in [0.05, 0.1) is 25.3 Å². The van der Waals surface area contributed by atoms with Gasteiger partial charge in [-0.15, -0.1) is 0 Å². The zero-order chi connectivity index (χ0) is 22.0. The highest BCUT2D eigenvalue weighted by Crippen LogP contribution is 2.33. The van der Waals surface area contributed by atoms with Crippen LogP contribution in [0.2, 0.25) is 0 Å². The Morgan fingerprint density at radius 1 is 0.839 bits per heavy atom. The van der Waals surface area contributed by atoms with Crippen LogP contribution in [-0.2, 0) is 6.42 Å². The molecule has 0 atom stereocenters. The van der Waals surface area contributed by atoms with Crippen molar-refractivity contribution < 1.29 is 13.9 Å². The zero-order valence-corrected chi connectivity index (χ0v) is 18.7. The molecule has 4 nitrogen and oxygen atoms in total. The maximum atomic E-state index is 6.34. The average molecular weight is 414 g/mol. The number of hydrogen-bond acceptors (Lipinski definition) is 4. The molecule has 1 heterocycles. The topological polar surface area (TPSA) is 44.0 Å². The van der Waals surface area contributed by atoms with Crippen molar-refractivity contribution in [2.75, 3.05) is 14.2 Å². The molecule has 0 spiro atoms. The van der Waals surface area contributed by atoms with Crippen molar-refractivity contribution in [1.29, 1.82) is 0 Å². The summed E-state index contributed by atoms with van der Waals surface area (Å²) in [5.74, 6) is 2.06. The molecule has 0 bridgehead atoms. The van der Waals surface area contributed by atoms with E-state index < -0.39 is 0 Å². The van der Waals surface area contributed by atoms with Crippen LogP contribution in [0.4, 0.5) is 5.69 Å². The third-order valence-electron chi connectivity index (χ3n) is 5.45. The molecular weight excluding hydrogens is 386 g/mol. The van der Waals surface area contributed by atoms with Crippen LogP contribution in [0.15, 0.2) is 70.1 Å². The maximum absolute atomic E-state index is 6.34. The largest absolute Gasteiger partial charge is 0.493 e. The molecule has 0 N–H and O–H groups in total. The van der Waals surface area contributed by atoms with Crippen molar-refractivity contribution in [2.45, 2.75) is 27.2 Å². The molecule has 31 heavy (non-hydrogen) atoms. The molecule has 0 aliphatic heterocycles. The molecule has 0 unspecified atom stereocenters. The maximum Gasteiger partial charge on any atom is 0.161 e. The van der Waals surface area contributed by atoms with Gasteiger partial charge in [-0.2, -0.15) is 0 Å². The van der Waals surface area contributed by atoms with Gasteiger partial charge in [-0.1, -0.05) is 25.1 Å². The summed E-state index contributed by atoms with van der Waals surface area (Å²) in [6, 6.07) is 20.4. The Bertz CT molecular complexity index is 1300. The van der Waals surface area contributed by atoms with Gasteiger partial charge in [0.15, 0.2) is 11.5 Å². The van der Waals surface area contributed by atoms with E-state index in [2.05, 4.69) is 57.2 Å². The first-order valence-electron chi connectivity index (χ1n) is 10.4. The number of rotatable bonds is 5. The lowest BCUT2D eigenvalue weighted by Gasteiger charge is -2.11. The predicted octanol–water partition coefficient (Wildman–Crippen LogP) is 6.53. The first kappa shape index (κ1) is 20.7. The third kappa shape index (κ3) is 4.19. The van der Waals surface area contributed by atoms with Crippen LogP contribution in [0.1, 0.15) is 23.6 Å². The minimum absolute atomic E-state index is 0.657. The Kier molecular flexibility index (Phi) is 5.81. The van der Waals surface area contributed by atoms with Crippen molar-refractivity contribution in [3.8, 4) is 22.8 Å². The Labute approximate surface area is 182 Å². The third-order valence-corrected chi connectivity index (χ3v) is 5.45. The average Bonchev–Trinajstić information content (AvgIpc) is 2.78. The highest BCUT2D eigenvalue weighted by molar-refractivity contribution is 5.83. The van der Waals surface area contributed by atoms with Crippen LogP contribution >= 0.6 is 0 Å². The molecule has 0 aliphatic rings. The SMILES string of the molecule is CCc1ccc(N=c2cc(-c3ccc(OC)c(OC)c3)oc3cc(C)cc(C)c23)cc1. The predicted molar refractivity (Wildman–Crippen MR) is 125 cm³/mol. The lowest BCUT2D eigenvalue weighted by Crippen LogP contribution is -2.05. The van der Waals surface area contributed by atoms with Gasteiger partial charge in [-0.25, -0.2) is 4.99 Å². The van der Waals surface area contributed by atoms with Gasteiger partial charge in [0.1, 0.15) is 11.3 Å². The Balaban J connectivity index is 1.97. The van der Waals surface area contributed by atoms with Crippen LogP contribution in [-0.4, -0.2) is 14.2 Å². The van der Waals surface area contributed by atoms with E-state index in [-0.39, 0.29) is 0 Å². The van der Waals surface area contributed by atoms with Gasteiger partial charge in [0.25, 0.3) is 0 Å². The molecule has 158 valence electrons. The summed E-state index contributed by atoms with van der Waals surface area (Å²) in [6.45, 7) is 6.32. The Morgan fingerprint density at radius 3 is 2.26 bits per heavy atom. The van der Waals surface area contributed by atoms with Gasteiger partial charge in [0.2, 0.25) is 0 Å². The fraction of sp³-hybridized carbons (Fsp3) is 0.222. The lowest BCUT2D eigenvalue weighted by molar-refractivity contribution is 0.355. The molecule has 4 rings (SSSR count). The van der Waals surface area contributed by atoms with Gasteiger partial charge in [0, 0.05) is 17.0 Å². The summed E-state index contributed by atoms with van der Waals surface area (Å²) in [4.78, 5) is 4.98. The Hall–Kier alpha value is -3.53. The molecule has 4 heteroatoms. The highest BCUT2D eigenvalue weighted by atomic mass is 16.5.